The molecule has 2 atom stereocenters. The zero-order valence-corrected chi connectivity index (χ0v) is 20.0. The second-order valence-corrected chi connectivity index (χ2v) is 9.10. The Labute approximate surface area is 210 Å². The van der Waals surface area contributed by atoms with Crippen LogP contribution in [-0.4, -0.2) is 63.1 Å². The minimum atomic E-state index is -0.831. The number of nitro groups is 1. The van der Waals surface area contributed by atoms with Crippen molar-refractivity contribution in [2.45, 2.75) is 24.9 Å². The first-order valence-corrected chi connectivity index (χ1v) is 12.1. The predicted molar refractivity (Wildman–Crippen MR) is 129 cm³/mol. The maximum absolute atomic E-state index is 13.1. The highest BCUT2D eigenvalue weighted by molar-refractivity contribution is 8.00. The van der Waals surface area contributed by atoms with Crippen LogP contribution in [-0.2, 0) is 25.7 Å². The molecule has 0 saturated carbocycles. The second-order valence-electron chi connectivity index (χ2n) is 8.00. The normalized spacial score (nSPS) is 18.8. The molecule has 12 heteroatoms. The van der Waals surface area contributed by atoms with Crippen molar-refractivity contribution in [3.8, 4) is 5.75 Å². The monoisotopic (exact) mass is 513 g/mol. The molecule has 0 spiro atoms. The molecule has 1 fully saturated rings. The predicted octanol–water partition coefficient (Wildman–Crippen LogP) is 2.35. The Morgan fingerprint density at radius 3 is 2.50 bits per heavy atom. The quantitative estimate of drug-likeness (QED) is 0.223. The third-order valence-electron chi connectivity index (χ3n) is 5.65. The number of carbonyl (C=O) groups is 3. The number of aromatic hydroxyl groups is 1. The molecular weight excluding hydrogens is 490 g/mol. The van der Waals surface area contributed by atoms with E-state index in [9.17, 15) is 29.6 Å². The van der Waals surface area contributed by atoms with E-state index in [1.807, 2.05) is 6.92 Å². The van der Waals surface area contributed by atoms with Gasteiger partial charge in [0, 0.05) is 30.1 Å². The smallest absolute Gasteiger partial charge is 0.355 e. The van der Waals surface area contributed by atoms with Gasteiger partial charge in [-0.25, -0.2) is 4.79 Å². The number of amides is 2. The lowest BCUT2D eigenvalue weighted by Gasteiger charge is -2.49. The first kappa shape index (κ1) is 25.2. The van der Waals surface area contributed by atoms with Crippen LogP contribution in [0, 0.1) is 10.1 Å². The number of fused-ring (bicyclic) bond motifs is 1. The Kier molecular flexibility index (Phi) is 7.55. The van der Waals surface area contributed by atoms with Crippen molar-refractivity contribution in [2.24, 2.45) is 0 Å². The van der Waals surface area contributed by atoms with E-state index in [0.29, 0.717) is 23.5 Å². The Bertz CT molecular complexity index is 1210. The van der Waals surface area contributed by atoms with Gasteiger partial charge in [-0.15, -0.1) is 11.8 Å². The maximum Gasteiger partial charge on any atom is 0.355 e. The summed E-state index contributed by atoms with van der Waals surface area (Å²) in [5.41, 5.74) is 1.45. The average molecular weight is 514 g/mol. The van der Waals surface area contributed by atoms with Crippen LogP contribution < -0.4 is 5.32 Å². The van der Waals surface area contributed by atoms with Crippen molar-refractivity contribution in [1.29, 1.82) is 0 Å². The number of rotatable bonds is 9. The molecule has 2 heterocycles. The number of phenolic OH excluding ortho intramolecular Hbond substituents is 1. The third-order valence-corrected chi connectivity index (χ3v) is 6.99. The molecule has 4 rings (SSSR count). The van der Waals surface area contributed by atoms with Gasteiger partial charge in [-0.3, -0.25) is 24.6 Å². The van der Waals surface area contributed by atoms with Crippen LogP contribution >= 0.6 is 11.8 Å². The first-order chi connectivity index (χ1) is 17.3. The molecule has 2 aliphatic heterocycles. The number of ether oxygens (including phenoxy) is 2. The molecule has 0 radical (unpaired) electrons. The zero-order valence-electron chi connectivity index (χ0n) is 19.2. The molecule has 1 unspecified atom stereocenters. The molecule has 2 aromatic rings. The van der Waals surface area contributed by atoms with Crippen molar-refractivity contribution < 1.29 is 33.9 Å². The largest absolute Gasteiger partial charge is 0.508 e. The number of nitrogens with one attached hydrogen (secondary N) is 1. The molecule has 0 aromatic heterocycles. The van der Waals surface area contributed by atoms with E-state index in [1.165, 1.54) is 65.2 Å². The van der Waals surface area contributed by atoms with Crippen molar-refractivity contribution in [3.05, 3.63) is 81.0 Å². The van der Waals surface area contributed by atoms with Crippen LogP contribution in [0.3, 0.4) is 0 Å². The van der Waals surface area contributed by atoms with Crippen LogP contribution in [0.5, 0.6) is 5.75 Å². The fraction of sp³-hybridized carbons (Fsp3) is 0.292. The Morgan fingerprint density at radius 1 is 1.17 bits per heavy atom. The standard InChI is InChI=1S/C24H23N3O8S/c1-2-34-12-16-13-36-23-19(25-21(29)15-5-9-18(28)10-6-15)22(30)26(23)20(16)24(31)35-11-14-3-7-17(8-4-14)27(32)33/h3-10,19,23,28H,2,11-13H2,1H3,(H,25,29)/t19?,23-/m0/s1. The summed E-state index contributed by atoms with van der Waals surface area (Å²) in [4.78, 5) is 50.3. The van der Waals surface area contributed by atoms with Crippen LogP contribution in [0.25, 0.3) is 0 Å². The van der Waals surface area contributed by atoms with E-state index in [-0.39, 0.29) is 35.9 Å². The summed E-state index contributed by atoms with van der Waals surface area (Å²) >= 11 is 1.40. The highest BCUT2D eigenvalue weighted by Crippen LogP contribution is 2.41. The Hall–Kier alpha value is -3.90. The van der Waals surface area contributed by atoms with E-state index in [4.69, 9.17) is 9.47 Å². The maximum atomic E-state index is 13.1. The van der Waals surface area contributed by atoms with E-state index in [0.717, 1.165) is 0 Å². The number of nitro benzene ring substituents is 1. The summed E-state index contributed by atoms with van der Waals surface area (Å²) in [6.45, 7) is 2.24. The minimum absolute atomic E-state index is 0.0177. The van der Waals surface area contributed by atoms with Crippen LogP contribution in [0.2, 0.25) is 0 Å². The number of carbonyl (C=O) groups excluding carboxylic acids is 3. The van der Waals surface area contributed by atoms with Crippen LogP contribution in [0.1, 0.15) is 22.8 Å². The Balaban J connectivity index is 1.47. The number of phenols is 1. The molecule has 2 amide bonds. The number of β-lactam (4-membered cyclic amide) rings is 1. The summed E-state index contributed by atoms with van der Waals surface area (Å²) in [7, 11) is 0. The molecule has 36 heavy (non-hydrogen) atoms. The highest BCUT2D eigenvalue weighted by atomic mass is 32.2. The molecular formula is C24H23N3O8S. The van der Waals surface area contributed by atoms with Gasteiger partial charge >= 0.3 is 5.97 Å². The molecule has 2 aromatic carbocycles. The number of nitrogens with zero attached hydrogens (tertiary/aromatic N) is 2. The topological polar surface area (TPSA) is 148 Å². The summed E-state index contributed by atoms with van der Waals surface area (Å²) in [6.07, 6.45) is 0. The van der Waals surface area contributed by atoms with Gasteiger partial charge in [-0.2, -0.15) is 0 Å². The van der Waals surface area contributed by atoms with Crippen LogP contribution in [0.4, 0.5) is 5.69 Å². The van der Waals surface area contributed by atoms with Gasteiger partial charge in [0.15, 0.2) is 0 Å². The third kappa shape index (κ3) is 5.19. The lowest BCUT2D eigenvalue weighted by molar-refractivity contribution is -0.384. The van der Waals surface area contributed by atoms with Crippen molar-refractivity contribution >= 4 is 35.2 Å². The summed E-state index contributed by atoms with van der Waals surface area (Å²) in [5, 5.41) is 22.4. The van der Waals surface area contributed by atoms with Gasteiger partial charge in [-0.05, 0) is 54.5 Å². The van der Waals surface area contributed by atoms with Crippen LogP contribution in [0.15, 0.2) is 59.8 Å². The number of non-ortho nitro benzene ring substituents is 1. The molecule has 188 valence electrons. The van der Waals surface area contributed by atoms with Crippen molar-refractivity contribution in [1.82, 2.24) is 10.2 Å². The number of hydrogen-bond acceptors (Lipinski definition) is 9. The number of esters is 1. The molecule has 0 bridgehead atoms. The fourth-order valence-electron chi connectivity index (χ4n) is 3.78. The van der Waals surface area contributed by atoms with Gasteiger partial charge in [0.2, 0.25) is 0 Å². The molecule has 11 nitrogen and oxygen atoms in total. The fourth-order valence-corrected chi connectivity index (χ4v) is 5.10. The van der Waals surface area contributed by atoms with Gasteiger partial charge in [-0.1, -0.05) is 0 Å². The SMILES string of the molecule is CCOCC1=C(C(=O)OCc2ccc([N+](=O)[O-])cc2)N2C(=O)C(NC(=O)c3ccc(O)cc3)[C@@H]2SC1. The lowest BCUT2D eigenvalue weighted by atomic mass is 10.0. The molecule has 1 saturated heterocycles. The molecule has 2 N–H and O–H groups in total. The summed E-state index contributed by atoms with van der Waals surface area (Å²) in [5.74, 6) is -1.22. The first-order valence-electron chi connectivity index (χ1n) is 11.0. The average Bonchev–Trinajstić information content (AvgIpc) is 2.88. The van der Waals surface area contributed by atoms with Gasteiger partial charge in [0.05, 0.1) is 11.5 Å². The van der Waals surface area contributed by atoms with Crippen molar-refractivity contribution in [2.75, 3.05) is 19.0 Å². The summed E-state index contributed by atoms with van der Waals surface area (Å²) in [6, 6.07) is 10.4. The molecule has 0 aliphatic carbocycles. The second kappa shape index (κ2) is 10.8. The zero-order chi connectivity index (χ0) is 25.8. The van der Waals surface area contributed by atoms with Crippen molar-refractivity contribution in [3.63, 3.8) is 0 Å². The lowest BCUT2D eigenvalue weighted by Crippen LogP contribution is -2.70. The van der Waals surface area contributed by atoms with E-state index in [2.05, 4.69) is 5.32 Å². The Morgan fingerprint density at radius 2 is 1.86 bits per heavy atom. The number of thioether (sulfide) groups is 1. The van der Waals surface area contributed by atoms with E-state index < -0.39 is 34.1 Å². The number of benzene rings is 2. The summed E-state index contributed by atoms with van der Waals surface area (Å²) < 4.78 is 10.9. The van der Waals surface area contributed by atoms with Gasteiger partial charge in [0.1, 0.15) is 29.5 Å². The highest BCUT2D eigenvalue weighted by Gasteiger charge is 2.54. The van der Waals surface area contributed by atoms with Gasteiger partial charge < -0.3 is 19.9 Å². The minimum Gasteiger partial charge on any atom is -0.508 e. The number of hydrogen-bond donors (Lipinski definition) is 2. The molecule has 2 aliphatic rings. The van der Waals surface area contributed by atoms with E-state index >= 15 is 0 Å². The van der Waals surface area contributed by atoms with Gasteiger partial charge in [0.25, 0.3) is 17.5 Å². The van der Waals surface area contributed by atoms with E-state index in [1.54, 1.807) is 0 Å².